The fourth-order valence-corrected chi connectivity index (χ4v) is 2.43. The topological polar surface area (TPSA) is 97.8 Å². The van der Waals surface area contributed by atoms with E-state index in [0.29, 0.717) is 19.7 Å². The summed E-state index contributed by atoms with van der Waals surface area (Å²) in [4.78, 5) is 18.3. The molecule has 1 atom stereocenters. The largest absolute Gasteiger partial charge is 0.370 e. The number of carbonyl (C=O) groups excluding carboxylic acids is 1. The van der Waals surface area contributed by atoms with Crippen LogP contribution in [-0.4, -0.2) is 59.3 Å². The van der Waals surface area contributed by atoms with Gasteiger partial charge in [0.15, 0.2) is 5.96 Å². The zero-order chi connectivity index (χ0) is 17.7. The van der Waals surface area contributed by atoms with Gasteiger partial charge in [0.25, 0.3) is 0 Å². The second kappa shape index (κ2) is 7.65. The lowest BCUT2D eigenvalue weighted by Crippen LogP contribution is -2.48. The predicted molar refractivity (Wildman–Crippen MR) is 92.4 cm³/mol. The van der Waals surface area contributed by atoms with E-state index in [1.807, 2.05) is 26.4 Å². The molecule has 1 aromatic heterocycles. The third-order valence-electron chi connectivity index (χ3n) is 4.09. The Morgan fingerprint density at radius 2 is 2.33 bits per heavy atom. The minimum atomic E-state index is -0.671. The molecule has 1 saturated heterocycles. The molecule has 2 rings (SSSR count). The molecular formula is C16H28N6O2. The number of rotatable bonds is 5. The molecule has 134 valence electrons. The van der Waals surface area contributed by atoms with Gasteiger partial charge in [0.1, 0.15) is 6.10 Å². The molecular weight excluding hydrogens is 308 g/mol. The zero-order valence-corrected chi connectivity index (χ0v) is 15.0. The second-order valence-electron chi connectivity index (χ2n) is 6.67. The maximum atomic E-state index is 11.5. The lowest BCUT2D eigenvalue weighted by atomic mass is 9.93. The van der Waals surface area contributed by atoms with E-state index in [1.165, 1.54) is 0 Å². The molecule has 8 nitrogen and oxygen atoms in total. The number of hydrogen-bond acceptors (Lipinski definition) is 4. The fourth-order valence-electron chi connectivity index (χ4n) is 2.43. The van der Waals surface area contributed by atoms with Crippen molar-refractivity contribution < 1.29 is 9.53 Å². The highest BCUT2D eigenvalue weighted by atomic mass is 16.5. The summed E-state index contributed by atoms with van der Waals surface area (Å²) in [6.45, 7) is 8.79. The number of carbonyl (C=O) groups is 1. The van der Waals surface area contributed by atoms with Crippen molar-refractivity contribution in [3.05, 3.63) is 18.0 Å². The highest BCUT2D eigenvalue weighted by molar-refractivity contribution is 5.82. The normalized spacial score (nSPS) is 19.4. The summed E-state index contributed by atoms with van der Waals surface area (Å²) in [6, 6.07) is 0. The van der Waals surface area contributed by atoms with E-state index in [1.54, 1.807) is 18.5 Å². The number of aliphatic imine (C=N–C) groups is 1. The van der Waals surface area contributed by atoms with Gasteiger partial charge < -0.3 is 20.7 Å². The maximum absolute atomic E-state index is 11.5. The van der Waals surface area contributed by atoms with Crippen LogP contribution in [0.3, 0.4) is 0 Å². The number of aromatic nitrogens is 2. The third-order valence-corrected chi connectivity index (χ3v) is 4.09. The standard InChI is InChI=1S/C16H28N6O2/c1-5-18-15(19-11-16(2,3)14(17)23)22-6-7-24-13(10-22)12-8-20-21(4)9-12/h8-9,13H,5-7,10-11H2,1-4H3,(H2,17,23)(H,18,19). The van der Waals surface area contributed by atoms with E-state index in [2.05, 4.69) is 20.3 Å². The van der Waals surface area contributed by atoms with Crippen molar-refractivity contribution in [2.24, 2.45) is 23.2 Å². The van der Waals surface area contributed by atoms with E-state index in [9.17, 15) is 4.79 Å². The Balaban J connectivity index is 2.10. The van der Waals surface area contributed by atoms with Crippen molar-refractivity contribution in [3.63, 3.8) is 0 Å². The van der Waals surface area contributed by atoms with Crippen molar-refractivity contribution in [1.29, 1.82) is 0 Å². The predicted octanol–water partition coefficient (Wildman–Crippen LogP) is 0.270. The van der Waals surface area contributed by atoms with Gasteiger partial charge in [-0.15, -0.1) is 0 Å². The van der Waals surface area contributed by atoms with Crippen LogP contribution in [0.1, 0.15) is 32.4 Å². The van der Waals surface area contributed by atoms with Crippen LogP contribution in [0.5, 0.6) is 0 Å². The molecule has 1 aromatic rings. The molecule has 0 spiro atoms. The first-order valence-corrected chi connectivity index (χ1v) is 8.27. The zero-order valence-electron chi connectivity index (χ0n) is 15.0. The van der Waals surface area contributed by atoms with Crippen LogP contribution in [-0.2, 0) is 16.6 Å². The first-order chi connectivity index (χ1) is 11.3. The van der Waals surface area contributed by atoms with Crippen molar-refractivity contribution in [2.45, 2.75) is 26.9 Å². The molecule has 1 amide bonds. The number of nitrogens with two attached hydrogens (primary N) is 1. The monoisotopic (exact) mass is 336 g/mol. The Morgan fingerprint density at radius 3 is 2.92 bits per heavy atom. The smallest absolute Gasteiger partial charge is 0.224 e. The van der Waals surface area contributed by atoms with Gasteiger partial charge >= 0.3 is 0 Å². The van der Waals surface area contributed by atoms with Gasteiger partial charge in [-0.25, -0.2) is 0 Å². The number of nitrogens with one attached hydrogen (secondary N) is 1. The maximum Gasteiger partial charge on any atom is 0.224 e. The Kier molecular flexibility index (Phi) is 5.82. The minimum absolute atomic E-state index is 0.0412. The number of hydrogen-bond donors (Lipinski definition) is 2. The van der Waals surface area contributed by atoms with Gasteiger partial charge in [0.2, 0.25) is 5.91 Å². The van der Waals surface area contributed by atoms with E-state index >= 15 is 0 Å². The van der Waals surface area contributed by atoms with Crippen LogP contribution in [0, 0.1) is 5.41 Å². The van der Waals surface area contributed by atoms with Crippen molar-refractivity contribution in [3.8, 4) is 0 Å². The molecule has 1 fully saturated rings. The Morgan fingerprint density at radius 1 is 1.58 bits per heavy atom. The fraction of sp³-hybridized carbons (Fsp3) is 0.688. The first kappa shape index (κ1) is 18.3. The Bertz CT molecular complexity index is 595. The van der Waals surface area contributed by atoms with Crippen LogP contribution in [0.2, 0.25) is 0 Å². The molecule has 1 aliphatic rings. The number of ether oxygens (including phenoxy) is 1. The summed E-state index contributed by atoms with van der Waals surface area (Å²) in [5.41, 5.74) is 5.82. The summed E-state index contributed by atoms with van der Waals surface area (Å²) in [5.74, 6) is 0.432. The summed E-state index contributed by atoms with van der Waals surface area (Å²) in [7, 11) is 1.89. The molecule has 0 saturated carbocycles. The summed E-state index contributed by atoms with van der Waals surface area (Å²) >= 11 is 0. The Hall–Kier alpha value is -2.09. The number of nitrogens with zero attached hydrogens (tertiary/aromatic N) is 4. The first-order valence-electron chi connectivity index (χ1n) is 8.27. The second-order valence-corrected chi connectivity index (χ2v) is 6.67. The van der Waals surface area contributed by atoms with Crippen LogP contribution >= 0.6 is 0 Å². The van der Waals surface area contributed by atoms with E-state index in [-0.39, 0.29) is 12.0 Å². The molecule has 3 N–H and O–H groups in total. The van der Waals surface area contributed by atoms with Gasteiger partial charge in [-0.2, -0.15) is 5.10 Å². The quantitative estimate of drug-likeness (QED) is 0.594. The molecule has 0 aliphatic carbocycles. The van der Waals surface area contributed by atoms with E-state index < -0.39 is 5.41 Å². The van der Waals surface area contributed by atoms with Gasteiger partial charge in [0.05, 0.1) is 31.3 Å². The summed E-state index contributed by atoms with van der Waals surface area (Å²) in [6.07, 6.45) is 3.75. The highest BCUT2D eigenvalue weighted by Gasteiger charge is 2.28. The van der Waals surface area contributed by atoms with Crippen molar-refractivity contribution in [2.75, 3.05) is 32.8 Å². The molecule has 1 unspecified atom stereocenters. The average molecular weight is 336 g/mol. The van der Waals surface area contributed by atoms with Crippen LogP contribution in [0.25, 0.3) is 0 Å². The average Bonchev–Trinajstić information content (AvgIpc) is 2.98. The third kappa shape index (κ3) is 4.47. The number of amides is 1. The number of aryl methyl sites for hydroxylation is 1. The van der Waals surface area contributed by atoms with Gasteiger partial charge in [-0.3, -0.25) is 14.5 Å². The molecule has 24 heavy (non-hydrogen) atoms. The number of guanidine groups is 1. The van der Waals surface area contributed by atoms with Crippen LogP contribution < -0.4 is 11.1 Å². The lowest BCUT2D eigenvalue weighted by Gasteiger charge is -2.35. The van der Waals surface area contributed by atoms with Crippen molar-refractivity contribution >= 4 is 11.9 Å². The van der Waals surface area contributed by atoms with Crippen LogP contribution in [0.15, 0.2) is 17.4 Å². The van der Waals surface area contributed by atoms with E-state index in [0.717, 1.165) is 24.6 Å². The van der Waals surface area contributed by atoms with Gasteiger partial charge in [0, 0.05) is 31.9 Å². The molecule has 0 aromatic carbocycles. The number of primary amides is 1. The SMILES string of the molecule is CCNC(=NCC(C)(C)C(N)=O)N1CCOC(c2cnn(C)c2)C1. The van der Waals surface area contributed by atoms with Gasteiger partial charge in [-0.05, 0) is 20.8 Å². The van der Waals surface area contributed by atoms with Gasteiger partial charge in [-0.1, -0.05) is 0 Å². The molecule has 2 heterocycles. The summed E-state index contributed by atoms with van der Waals surface area (Å²) in [5, 5.41) is 7.50. The molecule has 0 radical (unpaired) electrons. The van der Waals surface area contributed by atoms with E-state index in [4.69, 9.17) is 10.5 Å². The lowest BCUT2D eigenvalue weighted by molar-refractivity contribution is -0.125. The Labute approximate surface area is 143 Å². The number of morpholine rings is 1. The van der Waals surface area contributed by atoms with Crippen LogP contribution in [0.4, 0.5) is 0 Å². The molecule has 8 heteroatoms. The molecule has 0 bridgehead atoms. The molecule has 1 aliphatic heterocycles. The minimum Gasteiger partial charge on any atom is -0.370 e. The van der Waals surface area contributed by atoms with Crippen molar-refractivity contribution in [1.82, 2.24) is 20.0 Å². The summed E-state index contributed by atoms with van der Waals surface area (Å²) < 4.78 is 7.64. The highest BCUT2D eigenvalue weighted by Crippen LogP contribution is 2.22.